The minimum Gasteiger partial charge on any atom is -0.493 e. The third kappa shape index (κ3) is 5.83. The predicted octanol–water partition coefficient (Wildman–Crippen LogP) is 6.27. The summed E-state index contributed by atoms with van der Waals surface area (Å²) in [5, 5.41) is 1.63. The molecule has 0 spiro atoms. The number of anilines is 1. The Bertz CT molecular complexity index is 2170. The number of hydrogen-bond acceptors (Lipinski definition) is 7. The monoisotopic (exact) mass is 625 g/mol. The fraction of sp³-hybridized carbons (Fsp3) is 0.286. The standard InChI is InChI=1S/C35H35N3O6S/c1-20-18-27-25(11-13-29(40)38(27)24-9-7-8-23(19-24)37-45(6,41)42)32(30(20)34(21(2)39)44-35(3,4)5)26-10-12-28-31-22(15-17-43-28)14-16-36-33(26)31/h7-14,16,18-19,34,37H,15,17H2,1-6H3/t34-/m1/s1. The van der Waals surface area contributed by atoms with Crippen molar-refractivity contribution < 1.29 is 22.7 Å². The maximum atomic E-state index is 13.6. The Hall–Kier alpha value is -4.54. The topological polar surface area (TPSA) is 117 Å². The highest BCUT2D eigenvalue weighted by Gasteiger charge is 2.31. The summed E-state index contributed by atoms with van der Waals surface area (Å²) in [5.74, 6) is 0.600. The largest absolute Gasteiger partial charge is 0.493 e. The molecule has 0 unspecified atom stereocenters. The van der Waals surface area contributed by atoms with Gasteiger partial charge in [0.2, 0.25) is 10.0 Å². The zero-order valence-electron chi connectivity index (χ0n) is 26.1. The third-order valence-corrected chi connectivity index (χ3v) is 8.40. The van der Waals surface area contributed by atoms with Gasteiger partial charge < -0.3 is 9.47 Å². The molecule has 5 aromatic rings. The van der Waals surface area contributed by atoms with E-state index in [-0.39, 0.29) is 11.3 Å². The van der Waals surface area contributed by atoms with Gasteiger partial charge in [-0.25, -0.2) is 8.42 Å². The van der Waals surface area contributed by atoms with Gasteiger partial charge in [0.25, 0.3) is 5.56 Å². The molecule has 0 amide bonds. The fourth-order valence-corrected chi connectivity index (χ4v) is 6.71. The van der Waals surface area contributed by atoms with Crippen LogP contribution in [0.2, 0.25) is 0 Å². The Kier molecular flexibility index (Phi) is 7.53. The first-order valence-electron chi connectivity index (χ1n) is 14.7. The van der Waals surface area contributed by atoms with Gasteiger partial charge in [0, 0.05) is 35.0 Å². The second kappa shape index (κ2) is 11.1. The van der Waals surface area contributed by atoms with Crippen LogP contribution in [-0.4, -0.2) is 42.2 Å². The lowest BCUT2D eigenvalue weighted by Crippen LogP contribution is -2.27. The molecule has 1 aliphatic rings. The van der Waals surface area contributed by atoms with Crippen LogP contribution in [0.1, 0.15) is 50.5 Å². The quantitative estimate of drug-likeness (QED) is 0.227. The molecule has 0 fully saturated rings. The maximum Gasteiger partial charge on any atom is 0.255 e. The van der Waals surface area contributed by atoms with E-state index in [2.05, 4.69) is 4.72 Å². The minimum absolute atomic E-state index is 0.152. The van der Waals surface area contributed by atoms with Crippen LogP contribution in [0.25, 0.3) is 38.6 Å². The third-order valence-electron chi connectivity index (χ3n) is 7.80. The average Bonchev–Trinajstić information content (AvgIpc) is 2.95. The van der Waals surface area contributed by atoms with E-state index in [9.17, 15) is 18.0 Å². The summed E-state index contributed by atoms with van der Waals surface area (Å²) in [7, 11) is -3.54. The molecular weight excluding hydrogens is 590 g/mol. The molecule has 2 aromatic heterocycles. The molecule has 0 bridgehead atoms. The first-order chi connectivity index (χ1) is 21.2. The Labute approximate surface area is 261 Å². The Balaban J connectivity index is 1.74. The smallest absolute Gasteiger partial charge is 0.255 e. The number of carbonyl (C=O) groups excluding carboxylic acids is 1. The molecule has 232 valence electrons. The second-order valence-electron chi connectivity index (χ2n) is 12.5. The number of ether oxygens (including phenoxy) is 2. The zero-order valence-corrected chi connectivity index (χ0v) is 26.9. The van der Waals surface area contributed by atoms with Gasteiger partial charge in [0.05, 0.1) is 40.9 Å². The highest BCUT2D eigenvalue weighted by atomic mass is 32.2. The van der Waals surface area contributed by atoms with E-state index in [1.807, 2.05) is 52.0 Å². The van der Waals surface area contributed by atoms with E-state index < -0.39 is 21.7 Å². The number of aryl methyl sites for hydroxylation is 1. The molecule has 1 aliphatic heterocycles. The molecule has 1 atom stereocenters. The number of pyridine rings is 2. The number of carbonyl (C=O) groups is 1. The van der Waals surface area contributed by atoms with Crippen molar-refractivity contribution in [3.8, 4) is 22.6 Å². The number of aromatic nitrogens is 2. The fourth-order valence-electron chi connectivity index (χ4n) is 6.15. The molecule has 0 saturated heterocycles. The lowest BCUT2D eigenvalue weighted by molar-refractivity contribution is -0.138. The van der Waals surface area contributed by atoms with Crippen LogP contribution in [0.15, 0.2) is 71.7 Å². The molecule has 6 rings (SSSR count). The van der Waals surface area contributed by atoms with Gasteiger partial charge in [-0.1, -0.05) is 6.07 Å². The number of nitrogens with zero attached hydrogens (tertiary/aromatic N) is 2. The molecule has 0 radical (unpaired) electrons. The van der Waals surface area contributed by atoms with Crippen molar-refractivity contribution in [2.24, 2.45) is 0 Å². The summed E-state index contributed by atoms with van der Waals surface area (Å²) in [6.45, 7) is 9.75. The summed E-state index contributed by atoms with van der Waals surface area (Å²) in [6, 6.07) is 17.7. The van der Waals surface area contributed by atoms with Gasteiger partial charge in [0.1, 0.15) is 11.9 Å². The van der Waals surface area contributed by atoms with Gasteiger partial charge >= 0.3 is 0 Å². The Morgan fingerprint density at radius 2 is 1.87 bits per heavy atom. The van der Waals surface area contributed by atoms with Crippen LogP contribution in [0, 0.1) is 6.92 Å². The summed E-state index contributed by atoms with van der Waals surface area (Å²) in [5.41, 5.74) is 5.29. The molecule has 3 heterocycles. The first-order valence-corrected chi connectivity index (χ1v) is 16.6. The number of nitrogens with one attached hydrogen (secondary N) is 1. The van der Waals surface area contributed by atoms with Crippen LogP contribution in [0.4, 0.5) is 5.69 Å². The van der Waals surface area contributed by atoms with Crippen molar-refractivity contribution in [2.75, 3.05) is 17.6 Å². The number of hydrogen-bond donors (Lipinski definition) is 1. The molecule has 3 aromatic carbocycles. The number of sulfonamides is 1. The minimum atomic E-state index is -3.54. The number of rotatable bonds is 7. The first kappa shape index (κ1) is 30.5. The summed E-state index contributed by atoms with van der Waals surface area (Å²) in [6.07, 6.45) is 2.72. The summed E-state index contributed by atoms with van der Waals surface area (Å²) in [4.78, 5) is 31.7. The number of Topliss-reactive ketones (excluding diaryl/α,β-unsaturated/α-hetero) is 1. The van der Waals surface area contributed by atoms with E-state index in [4.69, 9.17) is 14.5 Å². The van der Waals surface area contributed by atoms with E-state index in [1.54, 1.807) is 41.1 Å². The van der Waals surface area contributed by atoms with Crippen LogP contribution in [-0.2, 0) is 26.0 Å². The maximum absolute atomic E-state index is 13.6. The number of fused-ring (bicyclic) bond motifs is 1. The van der Waals surface area contributed by atoms with E-state index in [1.165, 1.54) is 13.0 Å². The van der Waals surface area contributed by atoms with E-state index in [0.717, 1.165) is 51.6 Å². The predicted molar refractivity (Wildman–Crippen MR) is 177 cm³/mol. The van der Waals surface area contributed by atoms with Gasteiger partial charge in [0.15, 0.2) is 5.78 Å². The number of ketones is 1. The lowest BCUT2D eigenvalue weighted by atomic mass is 9.85. The van der Waals surface area contributed by atoms with Crippen molar-refractivity contribution in [1.29, 1.82) is 0 Å². The summed E-state index contributed by atoms with van der Waals surface area (Å²) >= 11 is 0. The highest BCUT2D eigenvalue weighted by Crippen LogP contribution is 2.45. The van der Waals surface area contributed by atoms with Gasteiger partial charge in [-0.3, -0.25) is 23.9 Å². The molecule has 0 aliphatic carbocycles. The number of benzene rings is 3. The SMILES string of the molecule is CC(=O)[C@@H](OC(C)(C)C)c1c(C)cc2c(ccc(=O)n2-c2cccc(NS(C)(=O)=O)c2)c1-c1ccc2c3c(ccnc13)CCO2. The summed E-state index contributed by atoms with van der Waals surface area (Å²) < 4.78 is 40.4. The van der Waals surface area contributed by atoms with Crippen molar-refractivity contribution >= 4 is 43.3 Å². The van der Waals surface area contributed by atoms with Crippen LogP contribution < -0.4 is 15.0 Å². The van der Waals surface area contributed by atoms with Gasteiger partial charge in [-0.15, -0.1) is 0 Å². The molecule has 1 N–H and O–H groups in total. The molecule has 0 saturated carbocycles. The van der Waals surface area contributed by atoms with Crippen LogP contribution >= 0.6 is 0 Å². The van der Waals surface area contributed by atoms with Crippen LogP contribution in [0.3, 0.4) is 0 Å². The molecule has 10 heteroatoms. The second-order valence-corrected chi connectivity index (χ2v) is 14.2. The average molecular weight is 626 g/mol. The van der Waals surface area contributed by atoms with Crippen molar-refractivity contribution in [2.45, 2.75) is 52.7 Å². The van der Waals surface area contributed by atoms with E-state index in [0.29, 0.717) is 34.4 Å². The lowest BCUT2D eigenvalue weighted by Gasteiger charge is -2.30. The van der Waals surface area contributed by atoms with Crippen LogP contribution in [0.5, 0.6) is 5.75 Å². The molecule has 9 nitrogen and oxygen atoms in total. The van der Waals surface area contributed by atoms with Crippen molar-refractivity contribution in [3.05, 3.63) is 93.9 Å². The molecule has 45 heavy (non-hydrogen) atoms. The highest BCUT2D eigenvalue weighted by molar-refractivity contribution is 7.92. The van der Waals surface area contributed by atoms with Gasteiger partial charge in [-0.2, -0.15) is 0 Å². The van der Waals surface area contributed by atoms with Gasteiger partial charge in [-0.05, 0) is 105 Å². The van der Waals surface area contributed by atoms with Crippen molar-refractivity contribution in [3.63, 3.8) is 0 Å². The van der Waals surface area contributed by atoms with Crippen molar-refractivity contribution in [1.82, 2.24) is 9.55 Å². The Morgan fingerprint density at radius 1 is 1.09 bits per heavy atom. The Morgan fingerprint density at radius 3 is 2.58 bits per heavy atom. The van der Waals surface area contributed by atoms with E-state index >= 15 is 0 Å². The molecular formula is C35H35N3O6S. The normalized spacial score (nSPS) is 13.9. The zero-order chi connectivity index (χ0) is 32.3.